The van der Waals surface area contributed by atoms with Crippen molar-refractivity contribution in [2.24, 2.45) is 0 Å². The summed E-state index contributed by atoms with van der Waals surface area (Å²) in [4.78, 5) is 4.25. The van der Waals surface area contributed by atoms with E-state index < -0.39 is 9.84 Å². The largest absolute Gasteiger partial charge is 0.359 e. The van der Waals surface area contributed by atoms with Crippen LogP contribution >= 0.6 is 0 Å². The van der Waals surface area contributed by atoms with E-state index in [0.717, 1.165) is 11.6 Å². The Bertz CT molecular complexity index is 423. The van der Waals surface area contributed by atoms with Crippen molar-refractivity contribution in [3.8, 4) is 0 Å². The predicted molar refractivity (Wildman–Crippen MR) is 60.8 cm³/mol. The van der Waals surface area contributed by atoms with Gasteiger partial charge in [0.2, 0.25) is 5.95 Å². The molecule has 0 saturated carbocycles. The normalized spacial score (nSPS) is 11.7. The molecule has 1 aromatic rings. The van der Waals surface area contributed by atoms with Crippen LogP contribution in [0.4, 0.5) is 5.95 Å². The molecule has 6 heteroatoms. The molecular weight excluding hydrogens is 214 g/mol. The lowest BCUT2D eigenvalue weighted by molar-refractivity contribution is 0.592. The molecule has 0 atom stereocenters. The van der Waals surface area contributed by atoms with Crippen molar-refractivity contribution in [2.75, 3.05) is 24.4 Å². The average Bonchev–Trinajstić information content (AvgIpc) is 2.44. The van der Waals surface area contributed by atoms with Crippen LogP contribution in [0.15, 0.2) is 6.20 Å². The highest BCUT2D eigenvalue weighted by molar-refractivity contribution is 7.90. The van der Waals surface area contributed by atoms with Gasteiger partial charge in [-0.15, -0.1) is 0 Å². The molecule has 5 nitrogen and oxygen atoms in total. The molecule has 0 aliphatic heterocycles. The van der Waals surface area contributed by atoms with Crippen molar-refractivity contribution in [1.29, 1.82) is 0 Å². The van der Waals surface area contributed by atoms with Gasteiger partial charge < -0.3 is 9.88 Å². The Morgan fingerprint density at radius 3 is 2.73 bits per heavy atom. The summed E-state index contributed by atoms with van der Waals surface area (Å²) in [5.74, 6) is 0.994. The van der Waals surface area contributed by atoms with Gasteiger partial charge in [-0.05, 0) is 13.3 Å². The fourth-order valence-electron chi connectivity index (χ4n) is 1.41. The topological polar surface area (TPSA) is 64.0 Å². The van der Waals surface area contributed by atoms with E-state index in [1.165, 1.54) is 6.26 Å². The van der Waals surface area contributed by atoms with Gasteiger partial charge in [0.15, 0.2) is 0 Å². The summed E-state index contributed by atoms with van der Waals surface area (Å²) >= 11 is 0. The van der Waals surface area contributed by atoms with E-state index in [2.05, 4.69) is 10.3 Å². The summed E-state index contributed by atoms with van der Waals surface area (Å²) in [6, 6.07) is 0. The van der Waals surface area contributed by atoms with E-state index in [1.54, 1.807) is 7.05 Å². The van der Waals surface area contributed by atoms with Crippen LogP contribution in [0.2, 0.25) is 0 Å². The van der Waals surface area contributed by atoms with Gasteiger partial charge in [-0.1, -0.05) is 0 Å². The van der Waals surface area contributed by atoms with Crippen molar-refractivity contribution < 1.29 is 8.42 Å². The van der Waals surface area contributed by atoms with Crippen molar-refractivity contribution in [2.45, 2.75) is 19.9 Å². The molecule has 0 bridgehead atoms. The van der Waals surface area contributed by atoms with Crippen molar-refractivity contribution >= 4 is 15.8 Å². The third kappa shape index (κ3) is 3.91. The first kappa shape index (κ1) is 12.0. The molecule has 15 heavy (non-hydrogen) atoms. The van der Waals surface area contributed by atoms with Gasteiger partial charge in [-0.3, -0.25) is 0 Å². The fourth-order valence-corrected chi connectivity index (χ4v) is 2.07. The van der Waals surface area contributed by atoms with E-state index in [9.17, 15) is 8.42 Å². The average molecular weight is 231 g/mol. The maximum Gasteiger partial charge on any atom is 0.202 e. The second-order valence-electron chi connectivity index (χ2n) is 3.63. The number of hydrogen-bond donors (Lipinski definition) is 1. The van der Waals surface area contributed by atoms with Crippen LogP contribution in [0.25, 0.3) is 0 Å². The fraction of sp³-hybridized carbons (Fsp3) is 0.667. The molecule has 1 heterocycles. The minimum absolute atomic E-state index is 0.216. The smallest absolute Gasteiger partial charge is 0.202 e. The Balaban J connectivity index is 2.57. The first-order chi connectivity index (χ1) is 6.92. The molecule has 1 rings (SSSR count). The molecule has 86 valence electrons. The number of sulfone groups is 1. The van der Waals surface area contributed by atoms with E-state index in [4.69, 9.17) is 0 Å². The van der Waals surface area contributed by atoms with Gasteiger partial charge in [0.25, 0.3) is 0 Å². The molecule has 0 radical (unpaired) electrons. The zero-order valence-electron chi connectivity index (χ0n) is 9.32. The first-order valence-corrected chi connectivity index (χ1v) is 6.87. The standard InChI is InChI=1S/C9H17N3O2S/c1-8-7-12(9(10-2)11-8)5-4-6-15(3,13)14/h7H,4-6H2,1-3H3,(H,10,11). The quantitative estimate of drug-likeness (QED) is 0.809. The van der Waals surface area contributed by atoms with E-state index >= 15 is 0 Å². The third-order valence-electron chi connectivity index (χ3n) is 2.03. The number of anilines is 1. The summed E-state index contributed by atoms with van der Waals surface area (Å²) in [5, 5.41) is 2.97. The minimum atomic E-state index is -2.86. The number of nitrogens with one attached hydrogen (secondary N) is 1. The second-order valence-corrected chi connectivity index (χ2v) is 5.89. The van der Waals surface area contributed by atoms with Crippen molar-refractivity contribution in [1.82, 2.24) is 9.55 Å². The highest BCUT2D eigenvalue weighted by atomic mass is 32.2. The molecule has 0 spiro atoms. The van der Waals surface area contributed by atoms with Crippen molar-refractivity contribution in [3.05, 3.63) is 11.9 Å². The summed E-state index contributed by atoms with van der Waals surface area (Å²) < 4.78 is 23.8. The summed E-state index contributed by atoms with van der Waals surface area (Å²) in [6.45, 7) is 2.58. The lowest BCUT2D eigenvalue weighted by atomic mass is 10.4. The monoisotopic (exact) mass is 231 g/mol. The molecule has 0 saturated heterocycles. The van der Waals surface area contributed by atoms with Crippen LogP contribution in [0.5, 0.6) is 0 Å². The number of hydrogen-bond acceptors (Lipinski definition) is 4. The highest BCUT2D eigenvalue weighted by Crippen LogP contribution is 2.08. The molecule has 0 amide bonds. The van der Waals surface area contributed by atoms with Crippen molar-refractivity contribution in [3.63, 3.8) is 0 Å². The molecule has 1 N–H and O–H groups in total. The van der Waals surface area contributed by atoms with Crippen LogP contribution in [0.1, 0.15) is 12.1 Å². The van der Waals surface area contributed by atoms with Gasteiger partial charge in [0.1, 0.15) is 9.84 Å². The molecule has 1 aromatic heterocycles. The van der Waals surface area contributed by atoms with E-state index in [1.807, 2.05) is 17.7 Å². The molecule has 0 aliphatic carbocycles. The number of nitrogens with zero attached hydrogens (tertiary/aromatic N) is 2. The Morgan fingerprint density at radius 2 is 2.20 bits per heavy atom. The lowest BCUT2D eigenvalue weighted by Crippen LogP contribution is -2.08. The van der Waals surface area contributed by atoms with Crippen LogP contribution < -0.4 is 5.32 Å². The number of aryl methyl sites for hydroxylation is 2. The Hall–Kier alpha value is -1.04. The van der Waals surface area contributed by atoms with Crippen LogP contribution in [-0.4, -0.2) is 37.0 Å². The molecule has 0 aromatic carbocycles. The van der Waals surface area contributed by atoms with Gasteiger partial charge in [-0.2, -0.15) is 0 Å². The summed E-state index contributed by atoms with van der Waals surface area (Å²) in [7, 11) is -1.06. The van der Waals surface area contributed by atoms with E-state index in [0.29, 0.717) is 13.0 Å². The summed E-state index contributed by atoms with van der Waals surface area (Å²) in [6.07, 6.45) is 3.78. The number of rotatable bonds is 5. The maximum absolute atomic E-state index is 10.9. The predicted octanol–water partition coefficient (Wildman–Crippen LogP) is 0.668. The van der Waals surface area contributed by atoms with Gasteiger partial charge in [-0.25, -0.2) is 13.4 Å². The Morgan fingerprint density at radius 1 is 1.53 bits per heavy atom. The summed E-state index contributed by atoms with van der Waals surface area (Å²) in [5.41, 5.74) is 0.929. The molecule has 0 unspecified atom stereocenters. The SMILES string of the molecule is CNc1nc(C)cn1CCCS(C)(=O)=O. The van der Waals surface area contributed by atoms with Crippen LogP contribution in [0, 0.1) is 6.92 Å². The zero-order chi connectivity index (χ0) is 11.5. The van der Waals surface area contributed by atoms with Gasteiger partial charge >= 0.3 is 0 Å². The first-order valence-electron chi connectivity index (χ1n) is 4.81. The lowest BCUT2D eigenvalue weighted by Gasteiger charge is -2.05. The second kappa shape index (κ2) is 4.65. The van der Waals surface area contributed by atoms with Gasteiger partial charge in [0, 0.05) is 26.0 Å². The molecule has 0 aliphatic rings. The minimum Gasteiger partial charge on any atom is -0.359 e. The van der Waals surface area contributed by atoms with Crippen LogP contribution in [0.3, 0.4) is 0 Å². The van der Waals surface area contributed by atoms with E-state index in [-0.39, 0.29) is 5.75 Å². The molecule has 0 fully saturated rings. The number of aromatic nitrogens is 2. The van der Waals surface area contributed by atoms with Gasteiger partial charge in [0.05, 0.1) is 11.4 Å². The zero-order valence-corrected chi connectivity index (χ0v) is 10.1. The highest BCUT2D eigenvalue weighted by Gasteiger charge is 2.05. The maximum atomic E-state index is 10.9. The molecular formula is C9H17N3O2S. The third-order valence-corrected chi connectivity index (χ3v) is 3.06. The Kier molecular flexibility index (Phi) is 3.73. The Labute approximate surface area is 90.4 Å². The number of imidazole rings is 1. The van der Waals surface area contributed by atoms with Crippen LogP contribution in [-0.2, 0) is 16.4 Å².